The Morgan fingerprint density at radius 2 is 1.79 bits per heavy atom. The molecule has 0 fully saturated rings. The molecule has 5 nitrogen and oxygen atoms in total. The molecule has 0 spiro atoms. The van der Waals surface area contributed by atoms with Crippen molar-refractivity contribution < 1.29 is 21.6 Å². The van der Waals surface area contributed by atoms with E-state index in [1.807, 2.05) is 30.3 Å². The van der Waals surface area contributed by atoms with Crippen molar-refractivity contribution in [2.24, 2.45) is 0 Å². The van der Waals surface area contributed by atoms with Crippen molar-refractivity contribution in [3.05, 3.63) is 82.6 Å². The van der Waals surface area contributed by atoms with Gasteiger partial charge in [0.25, 0.3) is 0 Å². The summed E-state index contributed by atoms with van der Waals surface area (Å²) >= 11 is 5.63. The number of halogens is 4. The van der Waals surface area contributed by atoms with Crippen LogP contribution in [0.3, 0.4) is 0 Å². The maximum atomic E-state index is 13.3. The Kier molecular flexibility index (Phi) is 6.02. The summed E-state index contributed by atoms with van der Waals surface area (Å²) in [6.07, 6.45) is -1.71. The maximum absolute atomic E-state index is 13.3. The second kappa shape index (κ2) is 8.17. The summed E-state index contributed by atoms with van der Waals surface area (Å²) in [6.45, 7) is 0.365. The van der Waals surface area contributed by atoms with E-state index >= 15 is 0 Å². The summed E-state index contributed by atoms with van der Waals surface area (Å²) in [5.41, 5.74) is 0.269. The van der Waals surface area contributed by atoms with E-state index < -0.39 is 26.7 Å². The number of benzene rings is 2. The highest BCUT2D eigenvalue weighted by atomic mass is 35.5. The number of sulfonamides is 1. The summed E-state index contributed by atoms with van der Waals surface area (Å²) in [5.74, 6) is 0. The molecule has 0 aliphatic rings. The quantitative estimate of drug-likeness (QED) is 0.566. The standard InChI is InChI=1S/C19H17ClF3N3O2S/c1-25(11-15-10-24-26(13-15)12-14-5-3-2-4-6-14)29(27,28)18-8-7-16(20)9-17(18)19(21,22)23/h2-10,13H,11-12H2,1H3. The maximum Gasteiger partial charge on any atom is 0.417 e. The Hall–Kier alpha value is -2.36. The van der Waals surface area contributed by atoms with Crippen molar-refractivity contribution in [1.29, 1.82) is 0 Å². The van der Waals surface area contributed by atoms with Crippen LogP contribution in [-0.2, 0) is 29.3 Å². The third-order valence-electron chi connectivity index (χ3n) is 4.21. The van der Waals surface area contributed by atoms with Crippen molar-refractivity contribution in [1.82, 2.24) is 14.1 Å². The SMILES string of the molecule is CN(Cc1cnn(Cc2ccccc2)c1)S(=O)(=O)c1ccc(Cl)cc1C(F)(F)F. The molecule has 0 unspecified atom stereocenters. The lowest BCUT2D eigenvalue weighted by molar-refractivity contribution is -0.139. The van der Waals surface area contributed by atoms with Gasteiger partial charge in [0.1, 0.15) is 0 Å². The molecule has 2 aromatic carbocycles. The lowest BCUT2D eigenvalue weighted by Gasteiger charge is -2.20. The van der Waals surface area contributed by atoms with Crippen molar-refractivity contribution >= 4 is 21.6 Å². The van der Waals surface area contributed by atoms with Gasteiger partial charge in [0.2, 0.25) is 10.0 Å². The van der Waals surface area contributed by atoms with E-state index in [1.165, 1.54) is 13.2 Å². The second-order valence-corrected chi connectivity index (χ2v) is 8.88. The van der Waals surface area contributed by atoms with E-state index in [4.69, 9.17) is 11.6 Å². The van der Waals surface area contributed by atoms with Crippen LogP contribution in [0.15, 0.2) is 65.8 Å². The normalized spacial score (nSPS) is 12.5. The molecule has 154 valence electrons. The van der Waals surface area contributed by atoms with Crippen LogP contribution in [0.5, 0.6) is 0 Å². The van der Waals surface area contributed by atoms with Gasteiger partial charge in [-0.1, -0.05) is 41.9 Å². The largest absolute Gasteiger partial charge is 0.417 e. The lowest BCUT2D eigenvalue weighted by Crippen LogP contribution is -2.28. The van der Waals surface area contributed by atoms with Crippen LogP contribution in [-0.4, -0.2) is 29.6 Å². The Morgan fingerprint density at radius 3 is 2.45 bits per heavy atom. The van der Waals surface area contributed by atoms with Gasteiger partial charge in [-0.15, -0.1) is 0 Å². The third-order valence-corrected chi connectivity index (χ3v) is 6.31. The molecule has 0 saturated heterocycles. The summed E-state index contributed by atoms with van der Waals surface area (Å²) < 4.78 is 67.9. The molecule has 3 rings (SSSR count). The molecule has 0 N–H and O–H groups in total. The van der Waals surface area contributed by atoms with Crippen LogP contribution >= 0.6 is 11.6 Å². The first-order valence-electron chi connectivity index (χ1n) is 8.46. The zero-order valence-corrected chi connectivity index (χ0v) is 16.8. The summed E-state index contributed by atoms with van der Waals surface area (Å²) in [5, 5.41) is 3.99. The minimum absolute atomic E-state index is 0.128. The van der Waals surface area contributed by atoms with E-state index in [0.717, 1.165) is 22.0 Å². The van der Waals surface area contributed by atoms with Gasteiger partial charge in [-0.3, -0.25) is 4.68 Å². The fraction of sp³-hybridized carbons (Fsp3) is 0.211. The Bertz CT molecular complexity index is 1100. The van der Waals surface area contributed by atoms with E-state index in [1.54, 1.807) is 10.9 Å². The zero-order chi connectivity index (χ0) is 21.2. The van der Waals surface area contributed by atoms with Crippen molar-refractivity contribution in [2.45, 2.75) is 24.2 Å². The summed E-state index contributed by atoms with van der Waals surface area (Å²) in [4.78, 5) is -0.839. The van der Waals surface area contributed by atoms with Crippen molar-refractivity contribution in [3.8, 4) is 0 Å². The number of aromatic nitrogens is 2. The van der Waals surface area contributed by atoms with Crippen LogP contribution < -0.4 is 0 Å². The molecule has 0 bridgehead atoms. The van der Waals surface area contributed by atoms with Crippen molar-refractivity contribution in [2.75, 3.05) is 7.05 Å². The van der Waals surface area contributed by atoms with Crippen LogP contribution in [0.1, 0.15) is 16.7 Å². The molecule has 29 heavy (non-hydrogen) atoms. The predicted octanol–water partition coefficient (Wildman–Crippen LogP) is 4.42. The smallest absolute Gasteiger partial charge is 0.268 e. The van der Waals surface area contributed by atoms with E-state index in [-0.39, 0.29) is 11.6 Å². The van der Waals surface area contributed by atoms with Crippen LogP contribution in [0, 0.1) is 0 Å². The van der Waals surface area contributed by atoms with Gasteiger partial charge in [-0.05, 0) is 23.8 Å². The first-order chi connectivity index (χ1) is 13.6. The Labute approximate surface area is 171 Å². The van der Waals surface area contributed by atoms with Gasteiger partial charge in [0.15, 0.2) is 0 Å². The number of hydrogen-bond donors (Lipinski definition) is 0. The molecule has 3 aromatic rings. The predicted molar refractivity (Wildman–Crippen MR) is 103 cm³/mol. The Morgan fingerprint density at radius 1 is 1.10 bits per heavy atom. The number of rotatable bonds is 6. The molecule has 10 heteroatoms. The molecule has 0 radical (unpaired) electrons. The van der Waals surface area contributed by atoms with Crippen LogP contribution in [0.2, 0.25) is 5.02 Å². The van der Waals surface area contributed by atoms with E-state index in [9.17, 15) is 21.6 Å². The first-order valence-corrected chi connectivity index (χ1v) is 10.3. The van der Waals surface area contributed by atoms with E-state index in [2.05, 4.69) is 5.10 Å². The molecule has 1 heterocycles. The minimum Gasteiger partial charge on any atom is -0.268 e. The highest BCUT2D eigenvalue weighted by molar-refractivity contribution is 7.89. The monoisotopic (exact) mass is 443 g/mol. The molecule has 1 aromatic heterocycles. The average Bonchev–Trinajstić information content (AvgIpc) is 3.08. The van der Waals surface area contributed by atoms with Crippen LogP contribution in [0.4, 0.5) is 13.2 Å². The number of nitrogens with zero attached hydrogens (tertiary/aromatic N) is 3. The minimum atomic E-state index is -4.85. The number of hydrogen-bond acceptors (Lipinski definition) is 3. The zero-order valence-electron chi connectivity index (χ0n) is 15.3. The fourth-order valence-corrected chi connectivity index (χ4v) is 4.32. The van der Waals surface area contributed by atoms with Crippen LogP contribution in [0.25, 0.3) is 0 Å². The fourth-order valence-electron chi connectivity index (χ4n) is 2.80. The van der Waals surface area contributed by atoms with Gasteiger partial charge in [0, 0.05) is 30.4 Å². The van der Waals surface area contributed by atoms with Gasteiger partial charge in [-0.2, -0.15) is 22.6 Å². The highest BCUT2D eigenvalue weighted by Crippen LogP contribution is 2.36. The van der Waals surface area contributed by atoms with Gasteiger partial charge in [-0.25, -0.2) is 8.42 Å². The van der Waals surface area contributed by atoms with Gasteiger partial charge < -0.3 is 0 Å². The van der Waals surface area contributed by atoms with Crippen molar-refractivity contribution in [3.63, 3.8) is 0 Å². The topological polar surface area (TPSA) is 55.2 Å². The molecule has 0 atom stereocenters. The number of alkyl halides is 3. The molecule has 0 saturated carbocycles. The Balaban J connectivity index is 1.82. The first kappa shape index (κ1) is 21.4. The lowest BCUT2D eigenvalue weighted by atomic mass is 10.2. The van der Waals surface area contributed by atoms with Gasteiger partial charge in [0.05, 0.1) is 23.2 Å². The molecule has 0 aliphatic carbocycles. The summed E-state index contributed by atoms with van der Waals surface area (Å²) in [7, 11) is -3.18. The van der Waals surface area contributed by atoms with Gasteiger partial charge >= 0.3 is 6.18 Å². The molecule has 0 aliphatic heterocycles. The highest BCUT2D eigenvalue weighted by Gasteiger charge is 2.38. The second-order valence-electron chi connectivity index (χ2n) is 6.43. The third kappa shape index (κ3) is 4.98. The molecule has 0 amide bonds. The average molecular weight is 444 g/mol. The summed E-state index contributed by atoms with van der Waals surface area (Å²) in [6, 6.07) is 12.1. The van der Waals surface area contributed by atoms with E-state index in [0.29, 0.717) is 18.2 Å². The molecular formula is C19H17ClF3N3O2S. The molecular weight excluding hydrogens is 427 g/mol.